The summed E-state index contributed by atoms with van der Waals surface area (Å²) in [6.45, 7) is 11.1. The van der Waals surface area contributed by atoms with Gasteiger partial charge in [-0.3, -0.25) is 9.59 Å². The molecule has 0 aromatic heterocycles. The van der Waals surface area contributed by atoms with E-state index in [1.165, 1.54) is 6.92 Å². The highest BCUT2D eigenvalue weighted by Gasteiger charge is 2.36. The Bertz CT molecular complexity index is 1060. The molecule has 2 amide bonds. The molecule has 34 heavy (non-hydrogen) atoms. The van der Waals surface area contributed by atoms with Gasteiger partial charge in [-0.15, -0.1) is 0 Å². The van der Waals surface area contributed by atoms with Crippen molar-refractivity contribution < 1.29 is 19.5 Å². The Kier molecular flexibility index (Phi) is 9.02. The fourth-order valence-corrected chi connectivity index (χ4v) is 4.07. The maximum Gasteiger partial charge on any atom is 0.331 e. The summed E-state index contributed by atoms with van der Waals surface area (Å²) in [5.74, 6) is -1.43. The number of carbonyl (C=O) groups is 3. The van der Waals surface area contributed by atoms with Gasteiger partial charge in [0.15, 0.2) is 0 Å². The average Bonchev–Trinajstić information content (AvgIpc) is 2.77. The molecule has 0 spiro atoms. The summed E-state index contributed by atoms with van der Waals surface area (Å²) in [4.78, 5) is 39.3. The Hall–Kier alpha value is -3.15. The van der Waals surface area contributed by atoms with Crippen LogP contribution in [-0.2, 0) is 20.8 Å². The smallest absolute Gasteiger partial charge is 0.331 e. The highest BCUT2D eigenvalue weighted by atomic mass is 16.4. The lowest BCUT2D eigenvalue weighted by atomic mass is 9.85. The summed E-state index contributed by atoms with van der Waals surface area (Å²) >= 11 is 0. The monoisotopic (exact) mass is 466 g/mol. The van der Waals surface area contributed by atoms with E-state index in [2.05, 4.69) is 23.5 Å². The third kappa shape index (κ3) is 6.92. The number of rotatable bonds is 9. The van der Waals surface area contributed by atoms with Gasteiger partial charge >= 0.3 is 5.97 Å². The Morgan fingerprint density at radius 2 is 1.68 bits per heavy atom. The largest absolute Gasteiger partial charge is 0.478 e. The maximum absolute atomic E-state index is 13.5. The lowest BCUT2D eigenvalue weighted by molar-refractivity contribution is -0.140. The fraction of sp³-hybridized carbons (Fsp3) is 0.464. The molecule has 2 atom stereocenters. The lowest BCUT2D eigenvalue weighted by Gasteiger charge is -2.37. The van der Waals surface area contributed by atoms with Crippen LogP contribution in [0, 0.1) is 11.3 Å². The van der Waals surface area contributed by atoms with Crippen LogP contribution >= 0.6 is 0 Å². The SMILES string of the molecule is C/C(=C\[C@H](C(C)C)N(C)C(=O)[C@@H](NC(=O)CCc1cccc2ccccc12)C(C)(C)C)C(=O)O. The molecule has 0 heterocycles. The van der Waals surface area contributed by atoms with Crippen LogP contribution in [0.25, 0.3) is 10.8 Å². The lowest BCUT2D eigenvalue weighted by Crippen LogP contribution is -2.56. The van der Waals surface area contributed by atoms with E-state index in [0.29, 0.717) is 6.42 Å². The van der Waals surface area contributed by atoms with Crippen LogP contribution in [0.2, 0.25) is 0 Å². The first-order valence-electron chi connectivity index (χ1n) is 11.8. The minimum atomic E-state index is -1.01. The van der Waals surface area contributed by atoms with Crippen molar-refractivity contribution in [1.82, 2.24) is 10.2 Å². The second kappa shape index (κ2) is 11.3. The molecule has 2 aromatic carbocycles. The van der Waals surface area contributed by atoms with Gasteiger partial charge in [-0.05, 0) is 41.0 Å². The Morgan fingerprint density at radius 3 is 2.26 bits per heavy atom. The highest BCUT2D eigenvalue weighted by Crippen LogP contribution is 2.24. The topological polar surface area (TPSA) is 86.7 Å². The van der Waals surface area contributed by atoms with Crippen molar-refractivity contribution in [3.05, 3.63) is 59.7 Å². The highest BCUT2D eigenvalue weighted by molar-refractivity contribution is 5.90. The number of carbonyl (C=O) groups excluding carboxylic acids is 2. The van der Waals surface area contributed by atoms with Crippen molar-refractivity contribution in [2.75, 3.05) is 7.05 Å². The molecular weight excluding hydrogens is 428 g/mol. The number of hydrogen-bond acceptors (Lipinski definition) is 3. The Labute approximate surface area is 203 Å². The molecule has 2 aromatic rings. The molecule has 0 fully saturated rings. The van der Waals surface area contributed by atoms with Crippen LogP contribution in [0.4, 0.5) is 0 Å². The number of fused-ring (bicyclic) bond motifs is 1. The molecule has 2 rings (SSSR count). The number of amides is 2. The van der Waals surface area contributed by atoms with Crippen LogP contribution in [0.15, 0.2) is 54.1 Å². The summed E-state index contributed by atoms with van der Waals surface area (Å²) in [5.41, 5.74) is 0.760. The van der Waals surface area contributed by atoms with Gasteiger partial charge in [-0.25, -0.2) is 4.79 Å². The van der Waals surface area contributed by atoms with Crippen LogP contribution in [-0.4, -0.2) is 46.9 Å². The molecular formula is C28H38N2O4. The Morgan fingerprint density at radius 1 is 1.06 bits per heavy atom. The van der Waals surface area contributed by atoms with Gasteiger partial charge in [0.05, 0.1) is 6.04 Å². The Balaban J connectivity index is 2.18. The molecule has 0 unspecified atom stereocenters. The zero-order valence-corrected chi connectivity index (χ0v) is 21.4. The number of nitrogens with one attached hydrogen (secondary N) is 1. The quantitative estimate of drug-likeness (QED) is 0.519. The summed E-state index contributed by atoms with van der Waals surface area (Å²) in [6.07, 6.45) is 2.44. The summed E-state index contributed by atoms with van der Waals surface area (Å²) in [6, 6.07) is 13.0. The number of carboxylic acids is 1. The van der Waals surface area contributed by atoms with Gasteiger partial charge < -0.3 is 15.3 Å². The average molecular weight is 467 g/mol. The van der Waals surface area contributed by atoms with E-state index in [-0.39, 0.29) is 29.7 Å². The standard InChI is InChI=1S/C28H38N2O4/c1-18(2)23(17-19(3)27(33)34)30(7)26(32)25(28(4,5)6)29-24(31)16-15-21-13-10-12-20-11-8-9-14-22(20)21/h8-14,17-18,23,25H,15-16H2,1-7H3,(H,29,31)(H,33,34)/b19-17+/t23-,25-/m1/s1. The number of benzene rings is 2. The predicted octanol–water partition coefficient (Wildman–Crippen LogP) is 4.82. The van der Waals surface area contributed by atoms with Gasteiger partial charge in [0.1, 0.15) is 6.04 Å². The zero-order chi connectivity index (χ0) is 25.6. The molecule has 0 aliphatic rings. The van der Waals surface area contributed by atoms with E-state index >= 15 is 0 Å². The van der Waals surface area contributed by atoms with E-state index in [1.807, 2.05) is 58.9 Å². The minimum absolute atomic E-state index is 0.00549. The molecule has 0 saturated carbocycles. The molecule has 0 bridgehead atoms. The van der Waals surface area contributed by atoms with Crippen molar-refractivity contribution >= 4 is 28.6 Å². The fourth-order valence-electron chi connectivity index (χ4n) is 4.07. The van der Waals surface area contributed by atoms with E-state index in [0.717, 1.165) is 16.3 Å². The predicted molar refractivity (Wildman–Crippen MR) is 136 cm³/mol. The summed E-state index contributed by atoms with van der Waals surface area (Å²) in [7, 11) is 1.67. The molecule has 2 N–H and O–H groups in total. The first-order valence-corrected chi connectivity index (χ1v) is 11.8. The van der Waals surface area contributed by atoms with E-state index in [4.69, 9.17) is 0 Å². The van der Waals surface area contributed by atoms with Gasteiger partial charge in [-0.2, -0.15) is 0 Å². The van der Waals surface area contributed by atoms with Gasteiger partial charge in [-0.1, -0.05) is 83.2 Å². The minimum Gasteiger partial charge on any atom is -0.478 e. The molecule has 6 heteroatoms. The van der Waals surface area contributed by atoms with E-state index in [9.17, 15) is 19.5 Å². The van der Waals surface area contributed by atoms with Crippen LogP contribution in [0.5, 0.6) is 0 Å². The summed E-state index contributed by atoms with van der Waals surface area (Å²) in [5, 5.41) is 14.5. The van der Waals surface area contributed by atoms with Crippen molar-refractivity contribution in [1.29, 1.82) is 0 Å². The summed E-state index contributed by atoms with van der Waals surface area (Å²) < 4.78 is 0. The molecule has 0 aliphatic heterocycles. The zero-order valence-electron chi connectivity index (χ0n) is 21.4. The van der Waals surface area contributed by atoms with E-state index in [1.54, 1.807) is 18.0 Å². The van der Waals surface area contributed by atoms with Crippen molar-refractivity contribution in [3.8, 4) is 0 Å². The molecule has 184 valence electrons. The van der Waals surface area contributed by atoms with Crippen LogP contribution in [0.1, 0.15) is 53.5 Å². The molecule has 0 radical (unpaired) electrons. The van der Waals surface area contributed by atoms with E-state index < -0.39 is 23.5 Å². The number of aliphatic carboxylic acids is 1. The molecule has 6 nitrogen and oxygen atoms in total. The maximum atomic E-state index is 13.5. The second-order valence-corrected chi connectivity index (χ2v) is 10.3. The first-order chi connectivity index (χ1) is 15.8. The number of hydrogen-bond donors (Lipinski definition) is 2. The molecule has 0 aliphatic carbocycles. The van der Waals surface area contributed by atoms with Crippen molar-refractivity contribution in [3.63, 3.8) is 0 Å². The van der Waals surface area contributed by atoms with Gasteiger partial charge in [0.2, 0.25) is 11.8 Å². The normalized spacial score (nSPS) is 14.1. The number of aryl methyl sites for hydroxylation is 1. The van der Waals surface area contributed by atoms with Crippen molar-refractivity contribution in [2.24, 2.45) is 11.3 Å². The third-order valence-corrected chi connectivity index (χ3v) is 6.16. The van der Waals surface area contributed by atoms with Crippen molar-refractivity contribution in [2.45, 2.75) is 66.5 Å². The van der Waals surface area contributed by atoms with Gasteiger partial charge in [0, 0.05) is 19.0 Å². The first kappa shape index (κ1) is 27.1. The van der Waals surface area contributed by atoms with Crippen LogP contribution < -0.4 is 5.32 Å². The number of carboxylic acid groups (broad SMARTS) is 1. The second-order valence-electron chi connectivity index (χ2n) is 10.3. The van der Waals surface area contributed by atoms with Crippen LogP contribution in [0.3, 0.4) is 0 Å². The number of likely N-dealkylation sites (N-methyl/N-ethyl adjacent to an activating group) is 1. The third-order valence-electron chi connectivity index (χ3n) is 6.16. The molecule has 0 saturated heterocycles. The van der Waals surface area contributed by atoms with Gasteiger partial charge in [0.25, 0.3) is 0 Å². The number of nitrogens with zero attached hydrogens (tertiary/aromatic N) is 1.